The molecule has 0 bridgehead atoms. The molecule has 230 valence electrons. The van der Waals surface area contributed by atoms with Crippen molar-refractivity contribution in [3.05, 3.63) is 30.0 Å². The van der Waals surface area contributed by atoms with Gasteiger partial charge in [-0.15, -0.1) is 0 Å². The molecule has 3 fully saturated rings. The highest BCUT2D eigenvalue weighted by atomic mass is 19.1. The number of aliphatic hydroxyl groups excluding tert-OH is 1. The summed E-state index contributed by atoms with van der Waals surface area (Å²) < 4.78 is 23.9. The highest BCUT2D eigenvalue weighted by Crippen LogP contribution is 2.41. The van der Waals surface area contributed by atoms with E-state index >= 15 is 0 Å². The Morgan fingerprint density at radius 3 is 2.55 bits per heavy atom. The Hall–Kier alpha value is -2.98. The number of alkyl halides is 1. The second-order valence-corrected chi connectivity index (χ2v) is 12.3. The molecule has 1 aromatic carbocycles. The largest absolute Gasteiger partial charge is 0.460 e. The number of esters is 1. The smallest absolute Gasteiger partial charge is 0.374 e. The fraction of sp³-hybridized carbons (Fsp3) is 0.656. The average Bonchev–Trinajstić information content (AvgIpc) is 3.66. The number of aliphatic hydroxyl groups is 1. The molecule has 5 rings (SSSR count). The number of hydrogen-bond donors (Lipinski definition) is 3. The van der Waals surface area contributed by atoms with Crippen LogP contribution in [0, 0.1) is 23.7 Å². The molecule has 1 saturated heterocycles. The van der Waals surface area contributed by atoms with Gasteiger partial charge in [-0.25, -0.2) is 9.18 Å². The molecule has 2 aliphatic carbocycles. The van der Waals surface area contributed by atoms with Gasteiger partial charge in [0.25, 0.3) is 0 Å². The minimum atomic E-state index is -0.610. The van der Waals surface area contributed by atoms with Crippen molar-refractivity contribution >= 4 is 34.4 Å². The maximum absolute atomic E-state index is 14.0. The van der Waals surface area contributed by atoms with Crippen LogP contribution in [0.1, 0.15) is 81.2 Å². The average molecular weight is 586 g/mol. The molecular formula is C32H44FN3O6. The van der Waals surface area contributed by atoms with Crippen LogP contribution in [0.25, 0.3) is 11.0 Å². The van der Waals surface area contributed by atoms with Crippen molar-refractivity contribution in [2.45, 2.75) is 82.7 Å². The third-order valence-corrected chi connectivity index (χ3v) is 9.68. The minimum Gasteiger partial charge on any atom is -0.460 e. The van der Waals surface area contributed by atoms with Gasteiger partial charge < -0.3 is 30.2 Å². The molecule has 4 N–H and O–H groups in total. The molecule has 0 spiro atoms. The zero-order valence-corrected chi connectivity index (χ0v) is 24.3. The zero-order chi connectivity index (χ0) is 29.6. The number of rotatable bonds is 10. The molecule has 2 saturated carbocycles. The maximum Gasteiger partial charge on any atom is 0.374 e. The van der Waals surface area contributed by atoms with Gasteiger partial charge in [0.15, 0.2) is 0 Å². The summed E-state index contributed by atoms with van der Waals surface area (Å²) in [4.78, 5) is 41.9. The van der Waals surface area contributed by atoms with Crippen LogP contribution in [-0.2, 0) is 14.3 Å². The molecule has 3 aliphatic rings. The summed E-state index contributed by atoms with van der Waals surface area (Å²) in [5.41, 5.74) is 7.00. The van der Waals surface area contributed by atoms with E-state index in [0.717, 1.165) is 44.9 Å². The molecule has 0 radical (unpaired) electrons. The third kappa shape index (κ3) is 6.80. The lowest BCUT2D eigenvalue weighted by Crippen LogP contribution is -2.50. The number of nitrogens with zero attached hydrogens (tertiary/aromatic N) is 1. The Labute approximate surface area is 246 Å². The molecular weight excluding hydrogens is 541 g/mol. The van der Waals surface area contributed by atoms with E-state index < -0.39 is 24.7 Å². The predicted molar refractivity (Wildman–Crippen MR) is 156 cm³/mol. The van der Waals surface area contributed by atoms with Gasteiger partial charge in [0, 0.05) is 42.6 Å². The molecule has 10 heteroatoms. The normalized spacial score (nSPS) is 25.8. The van der Waals surface area contributed by atoms with E-state index in [0.29, 0.717) is 48.4 Å². The van der Waals surface area contributed by atoms with E-state index in [-0.39, 0.29) is 48.5 Å². The lowest BCUT2D eigenvalue weighted by Gasteiger charge is -2.36. The van der Waals surface area contributed by atoms with Gasteiger partial charge in [-0.3, -0.25) is 9.59 Å². The van der Waals surface area contributed by atoms with E-state index in [1.54, 1.807) is 24.3 Å². The van der Waals surface area contributed by atoms with Crippen LogP contribution in [0.3, 0.4) is 0 Å². The van der Waals surface area contributed by atoms with Gasteiger partial charge in [0.05, 0.1) is 6.61 Å². The first-order valence-electron chi connectivity index (χ1n) is 15.6. The van der Waals surface area contributed by atoms with Gasteiger partial charge in [-0.1, -0.05) is 32.1 Å². The van der Waals surface area contributed by atoms with E-state index in [9.17, 15) is 18.8 Å². The van der Waals surface area contributed by atoms with Crippen LogP contribution >= 0.6 is 0 Å². The summed E-state index contributed by atoms with van der Waals surface area (Å²) in [6, 6.07) is 5.76. The summed E-state index contributed by atoms with van der Waals surface area (Å²) >= 11 is 0. The van der Waals surface area contributed by atoms with Crippen LogP contribution < -0.4 is 11.1 Å². The van der Waals surface area contributed by atoms with E-state index in [4.69, 9.17) is 20.0 Å². The highest BCUT2D eigenvalue weighted by Gasteiger charge is 2.47. The van der Waals surface area contributed by atoms with Crippen molar-refractivity contribution in [2.24, 2.45) is 29.4 Å². The first-order chi connectivity index (χ1) is 20.4. The molecule has 3 unspecified atom stereocenters. The van der Waals surface area contributed by atoms with Gasteiger partial charge in [0.1, 0.15) is 18.3 Å². The molecule has 2 aromatic rings. The van der Waals surface area contributed by atoms with Gasteiger partial charge in [-0.2, -0.15) is 0 Å². The SMILES string of the molecule is NC(CF)C1CCC(C(=O)N2CCC(C3CCCCC3)C2C(=O)Nc2ccc3oc(C(=O)OCCCO)cc3c2)CC1. The number of carbonyl (C=O) groups excluding carboxylic acids is 3. The van der Waals surface area contributed by atoms with E-state index in [1.165, 1.54) is 6.42 Å². The number of amides is 2. The van der Waals surface area contributed by atoms with Gasteiger partial charge in [0.2, 0.25) is 17.6 Å². The van der Waals surface area contributed by atoms with Crippen molar-refractivity contribution in [2.75, 3.05) is 31.7 Å². The molecule has 1 aliphatic heterocycles. The Morgan fingerprint density at radius 1 is 1.07 bits per heavy atom. The van der Waals surface area contributed by atoms with Crippen molar-refractivity contribution in [1.82, 2.24) is 4.90 Å². The minimum absolute atomic E-state index is 0.0374. The van der Waals surface area contributed by atoms with Gasteiger partial charge in [-0.05, 0) is 74.1 Å². The zero-order valence-electron chi connectivity index (χ0n) is 24.3. The number of benzene rings is 1. The molecule has 3 atom stereocenters. The molecule has 1 aromatic heterocycles. The van der Waals surface area contributed by atoms with Crippen LogP contribution in [0.5, 0.6) is 0 Å². The summed E-state index contributed by atoms with van der Waals surface area (Å²) in [5.74, 6) is -0.227. The van der Waals surface area contributed by atoms with Crippen LogP contribution in [0.2, 0.25) is 0 Å². The number of likely N-dealkylation sites (tertiary alicyclic amines) is 1. The van der Waals surface area contributed by atoms with Crippen molar-refractivity contribution < 1.29 is 33.0 Å². The Bertz CT molecular complexity index is 1240. The number of ether oxygens (including phenoxy) is 1. The molecule has 2 heterocycles. The fourth-order valence-corrected chi connectivity index (χ4v) is 7.35. The lowest BCUT2D eigenvalue weighted by molar-refractivity contribution is -0.142. The number of halogens is 1. The monoisotopic (exact) mass is 585 g/mol. The lowest BCUT2D eigenvalue weighted by atomic mass is 9.76. The first kappa shape index (κ1) is 30.5. The van der Waals surface area contributed by atoms with Crippen molar-refractivity contribution in [3.8, 4) is 0 Å². The van der Waals surface area contributed by atoms with Crippen LogP contribution in [-0.4, -0.2) is 66.3 Å². The predicted octanol–water partition coefficient (Wildman–Crippen LogP) is 4.81. The Morgan fingerprint density at radius 2 is 1.83 bits per heavy atom. The Kier molecular flexibility index (Phi) is 10.2. The number of hydrogen-bond acceptors (Lipinski definition) is 7. The topological polar surface area (TPSA) is 135 Å². The molecule has 9 nitrogen and oxygen atoms in total. The second-order valence-electron chi connectivity index (χ2n) is 12.3. The number of nitrogens with two attached hydrogens (primary N) is 1. The second kappa shape index (κ2) is 14.0. The number of anilines is 1. The number of carbonyl (C=O) groups is 3. The van der Waals surface area contributed by atoms with Gasteiger partial charge >= 0.3 is 5.97 Å². The van der Waals surface area contributed by atoms with E-state index in [2.05, 4.69) is 5.32 Å². The Balaban J connectivity index is 1.30. The summed E-state index contributed by atoms with van der Waals surface area (Å²) in [6.07, 6.45) is 9.69. The summed E-state index contributed by atoms with van der Waals surface area (Å²) in [7, 11) is 0. The fourth-order valence-electron chi connectivity index (χ4n) is 7.35. The summed E-state index contributed by atoms with van der Waals surface area (Å²) in [5, 5.41) is 12.6. The number of furan rings is 1. The third-order valence-electron chi connectivity index (χ3n) is 9.68. The quantitative estimate of drug-likeness (QED) is 0.269. The van der Waals surface area contributed by atoms with E-state index in [1.807, 2.05) is 4.90 Å². The number of fused-ring (bicyclic) bond motifs is 1. The van der Waals surface area contributed by atoms with Crippen LogP contribution in [0.4, 0.5) is 10.1 Å². The van der Waals surface area contributed by atoms with Crippen molar-refractivity contribution in [3.63, 3.8) is 0 Å². The molecule has 2 amide bonds. The first-order valence-corrected chi connectivity index (χ1v) is 15.6. The summed E-state index contributed by atoms with van der Waals surface area (Å²) in [6.45, 7) is 0.0588. The number of nitrogens with one attached hydrogen (secondary N) is 1. The molecule has 42 heavy (non-hydrogen) atoms. The van der Waals surface area contributed by atoms with Crippen LogP contribution in [0.15, 0.2) is 28.7 Å². The highest BCUT2D eigenvalue weighted by molar-refractivity contribution is 6.00. The maximum atomic E-state index is 14.0. The standard InChI is InChI=1S/C32H44FN3O6/c33-19-26(34)21-7-9-22(10-8-21)31(39)36-14-13-25(20-5-2-1-3-6-20)29(36)30(38)35-24-11-12-27-23(17-24)18-28(42-27)32(40)41-16-4-15-37/h11-12,17-18,20-22,25-26,29,37H,1-10,13-16,19,34H2,(H,35,38). The van der Waals surface area contributed by atoms with Crippen molar-refractivity contribution in [1.29, 1.82) is 0 Å².